The second kappa shape index (κ2) is 5.06. The Labute approximate surface area is 82.9 Å². The average molecular weight is 191 g/mol. The summed E-state index contributed by atoms with van der Waals surface area (Å²) in [6.45, 7) is 5.93. The summed E-state index contributed by atoms with van der Waals surface area (Å²) in [4.78, 5) is 11.8. The molecule has 5 heteroatoms. The van der Waals surface area contributed by atoms with Gasteiger partial charge in [-0.1, -0.05) is 13.8 Å². The van der Waals surface area contributed by atoms with Crippen LogP contribution in [0.2, 0.25) is 0 Å². The van der Waals surface area contributed by atoms with Gasteiger partial charge in [0.05, 0.1) is 0 Å². The lowest BCUT2D eigenvalue weighted by Gasteiger charge is -2.00. The Morgan fingerprint density at radius 2 is 1.93 bits per heavy atom. The summed E-state index contributed by atoms with van der Waals surface area (Å²) < 4.78 is 1.61. The molecule has 0 aromatic carbocycles. The number of hydrogen-bond donors (Lipinski definition) is 0. The highest BCUT2D eigenvalue weighted by Gasteiger charge is 2.00. The van der Waals surface area contributed by atoms with Crippen LogP contribution < -0.4 is 0 Å². The van der Waals surface area contributed by atoms with Gasteiger partial charge in [0, 0.05) is 11.8 Å². The van der Waals surface area contributed by atoms with Crippen molar-refractivity contribution in [1.29, 1.82) is 0 Å². The van der Waals surface area contributed by atoms with E-state index in [2.05, 4.69) is 20.1 Å². The van der Waals surface area contributed by atoms with Crippen LogP contribution >= 0.6 is 0 Å². The molecule has 0 N–H and O–H groups in total. The quantitative estimate of drug-likeness (QED) is 0.683. The number of aryl methyl sites for hydroxylation is 1. The van der Waals surface area contributed by atoms with Crippen LogP contribution in [0.15, 0.2) is 25.2 Å². The molecule has 74 valence electrons. The lowest BCUT2D eigenvalue weighted by Crippen LogP contribution is -2.00. The van der Waals surface area contributed by atoms with Crippen molar-refractivity contribution in [3.63, 3.8) is 0 Å². The minimum absolute atomic E-state index is 0.766. The van der Waals surface area contributed by atoms with E-state index in [0.717, 1.165) is 11.4 Å². The summed E-state index contributed by atoms with van der Waals surface area (Å²) in [6.07, 6.45) is 6.31. The van der Waals surface area contributed by atoms with E-state index in [9.17, 15) is 0 Å². The van der Waals surface area contributed by atoms with Crippen molar-refractivity contribution in [2.45, 2.75) is 20.8 Å². The fourth-order valence-corrected chi connectivity index (χ4v) is 0.950. The minimum Gasteiger partial charge on any atom is -0.244 e. The van der Waals surface area contributed by atoms with Gasteiger partial charge in [-0.3, -0.25) is 0 Å². The van der Waals surface area contributed by atoms with Crippen LogP contribution in [0.4, 0.5) is 0 Å². The van der Waals surface area contributed by atoms with Gasteiger partial charge in [-0.15, -0.1) is 0 Å². The molecule has 0 aliphatic carbocycles. The van der Waals surface area contributed by atoms with Crippen molar-refractivity contribution in [3.8, 4) is 5.82 Å². The first-order valence-corrected chi connectivity index (χ1v) is 4.49. The second-order valence-electron chi connectivity index (χ2n) is 2.37. The maximum absolute atomic E-state index is 4.07. The van der Waals surface area contributed by atoms with E-state index in [1.807, 2.05) is 20.8 Å². The highest BCUT2D eigenvalue weighted by atomic mass is 15.3. The van der Waals surface area contributed by atoms with Gasteiger partial charge >= 0.3 is 0 Å². The molecule has 0 saturated heterocycles. The average Bonchev–Trinajstić information content (AvgIpc) is 2.75. The Morgan fingerprint density at radius 1 is 1.14 bits per heavy atom. The van der Waals surface area contributed by atoms with Crippen molar-refractivity contribution in [2.75, 3.05) is 0 Å². The number of nitrogens with zero attached hydrogens (tertiary/aromatic N) is 5. The molecule has 2 heterocycles. The van der Waals surface area contributed by atoms with Gasteiger partial charge in [-0.2, -0.15) is 5.10 Å². The van der Waals surface area contributed by atoms with Gasteiger partial charge in [0.15, 0.2) is 5.82 Å². The number of aromatic nitrogens is 5. The fourth-order valence-electron chi connectivity index (χ4n) is 0.950. The topological polar surface area (TPSA) is 56.5 Å². The Kier molecular flexibility index (Phi) is 3.72. The summed E-state index contributed by atoms with van der Waals surface area (Å²) in [7, 11) is 0. The molecule has 0 aliphatic rings. The largest absolute Gasteiger partial charge is 0.244 e. The second-order valence-corrected chi connectivity index (χ2v) is 2.37. The normalized spacial score (nSPS) is 9.07. The van der Waals surface area contributed by atoms with Gasteiger partial charge in [0.2, 0.25) is 0 Å². The zero-order valence-corrected chi connectivity index (χ0v) is 8.55. The molecule has 0 amide bonds. The molecular formula is C9H13N5. The Bertz CT molecular complexity index is 368. The first-order valence-electron chi connectivity index (χ1n) is 4.49. The smallest absolute Gasteiger partial charge is 0.161 e. The molecule has 0 bridgehead atoms. The maximum Gasteiger partial charge on any atom is 0.161 e. The first-order chi connectivity index (χ1) is 6.88. The fraction of sp³-hybridized carbons (Fsp3) is 0.333. The molecule has 0 fully saturated rings. The number of hydrogen-bond acceptors (Lipinski definition) is 4. The Balaban J connectivity index is 0.000000461. The molecule has 14 heavy (non-hydrogen) atoms. The van der Waals surface area contributed by atoms with E-state index in [-0.39, 0.29) is 0 Å². The summed E-state index contributed by atoms with van der Waals surface area (Å²) in [5, 5.41) is 3.96. The van der Waals surface area contributed by atoms with Gasteiger partial charge in [0.25, 0.3) is 0 Å². The van der Waals surface area contributed by atoms with Gasteiger partial charge in [0.1, 0.15) is 19.0 Å². The van der Waals surface area contributed by atoms with Crippen LogP contribution in [0.1, 0.15) is 19.4 Å². The van der Waals surface area contributed by atoms with Gasteiger partial charge in [-0.05, 0) is 6.92 Å². The lowest BCUT2D eigenvalue weighted by atomic mass is 10.3. The standard InChI is InChI=1S/C7H7N5.C2H6/c1-6-2-8-3-10-7(6)12-5-9-4-11-12;1-2/h2-5H,1H3;1-2H3. The van der Waals surface area contributed by atoms with Gasteiger partial charge in [-0.25, -0.2) is 19.6 Å². The first kappa shape index (κ1) is 10.3. The van der Waals surface area contributed by atoms with E-state index < -0.39 is 0 Å². The predicted molar refractivity (Wildman–Crippen MR) is 53.0 cm³/mol. The van der Waals surface area contributed by atoms with Crippen LogP contribution in [0.25, 0.3) is 5.82 Å². The molecule has 0 saturated carbocycles. The third-order valence-electron chi connectivity index (χ3n) is 1.50. The van der Waals surface area contributed by atoms with E-state index >= 15 is 0 Å². The summed E-state index contributed by atoms with van der Waals surface area (Å²) in [5.41, 5.74) is 0.975. The highest BCUT2D eigenvalue weighted by Crippen LogP contribution is 2.04. The van der Waals surface area contributed by atoms with E-state index in [1.54, 1.807) is 17.2 Å². The van der Waals surface area contributed by atoms with Crippen LogP contribution in [-0.4, -0.2) is 24.7 Å². The SMILES string of the molecule is CC.Cc1cncnc1-n1cncn1. The molecule has 0 aliphatic heterocycles. The highest BCUT2D eigenvalue weighted by molar-refractivity contribution is 5.27. The molecule has 5 nitrogen and oxygen atoms in total. The lowest BCUT2D eigenvalue weighted by molar-refractivity contribution is 0.827. The summed E-state index contributed by atoms with van der Waals surface area (Å²) in [5.74, 6) is 0.766. The van der Waals surface area contributed by atoms with Crippen LogP contribution in [0.3, 0.4) is 0 Å². The predicted octanol–water partition coefficient (Wildman–Crippen LogP) is 1.39. The van der Waals surface area contributed by atoms with E-state index in [1.165, 1.54) is 12.7 Å². The van der Waals surface area contributed by atoms with Crippen molar-refractivity contribution in [2.24, 2.45) is 0 Å². The van der Waals surface area contributed by atoms with Crippen LogP contribution in [0, 0.1) is 6.92 Å². The number of rotatable bonds is 1. The third kappa shape index (κ3) is 2.12. The third-order valence-corrected chi connectivity index (χ3v) is 1.50. The molecule has 2 rings (SSSR count). The van der Waals surface area contributed by atoms with Gasteiger partial charge < -0.3 is 0 Å². The molecular weight excluding hydrogens is 178 g/mol. The zero-order chi connectivity index (χ0) is 10.4. The Morgan fingerprint density at radius 3 is 2.50 bits per heavy atom. The maximum atomic E-state index is 4.07. The van der Waals surface area contributed by atoms with Crippen LogP contribution in [0.5, 0.6) is 0 Å². The van der Waals surface area contributed by atoms with Crippen LogP contribution in [-0.2, 0) is 0 Å². The van der Waals surface area contributed by atoms with E-state index in [0.29, 0.717) is 0 Å². The summed E-state index contributed by atoms with van der Waals surface area (Å²) >= 11 is 0. The zero-order valence-electron chi connectivity index (χ0n) is 8.55. The van der Waals surface area contributed by atoms with Crippen molar-refractivity contribution in [1.82, 2.24) is 24.7 Å². The molecule has 0 unspecified atom stereocenters. The van der Waals surface area contributed by atoms with Crippen molar-refractivity contribution >= 4 is 0 Å². The molecule has 2 aromatic heterocycles. The molecule has 0 spiro atoms. The van der Waals surface area contributed by atoms with Crippen molar-refractivity contribution < 1.29 is 0 Å². The van der Waals surface area contributed by atoms with E-state index in [4.69, 9.17) is 0 Å². The van der Waals surface area contributed by atoms with Crippen molar-refractivity contribution in [3.05, 3.63) is 30.7 Å². The molecule has 0 radical (unpaired) electrons. The summed E-state index contributed by atoms with van der Waals surface area (Å²) in [6, 6.07) is 0. The minimum atomic E-state index is 0.766. The monoisotopic (exact) mass is 191 g/mol. The molecule has 0 atom stereocenters. The Hall–Kier alpha value is -1.78. The molecule has 2 aromatic rings.